The molecule has 3 atom stereocenters. The third-order valence-electron chi connectivity index (χ3n) is 3.32. The van der Waals surface area contributed by atoms with Crippen LogP contribution in [0.15, 0.2) is 20.8 Å². The second kappa shape index (κ2) is 6.75. The number of aromatic amines is 1. The molecule has 0 aliphatic carbocycles. The van der Waals surface area contributed by atoms with Crippen LogP contribution >= 0.6 is 27.7 Å². The first-order valence-electron chi connectivity index (χ1n) is 6.10. The summed E-state index contributed by atoms with van der Waals surface area (Å²) in [5.74, 6) is -0.0519. The lowest BCUT2D eigenvalue weighted by Gasteiger charge is -2.13. The van der Waals surface area contributed by atoms with Gasteiger partial charge in [0.15, 0.2) is 0 Å². The first kappa shape index (κ1) is 15.6. The monoisotopic (exact) mass is 362 g/mol. The molecule has 1 fully saturated rings. The zero-order chi connectivity index (χ0) is 14.7. The van der Waals surface area contributed by atoms with Crippen molar-refractivity contribution < 1.29 is 10.2 Å². The molecule has 0 radical (unpaired) electrons. The van der Waals surface area contributed by atoms with E-state index in [9.17, 15) is 19.8 Å². The minimum Gasteiger partial charge on any atom is -0.396 e. The summed E-state index contributed by atoms with van der Waals surface area (Å²) >= 11 is 4.53. The van der Waals surface area contributed by atoms with E-state index in [0.29, 0.717) is 12.0 Å². The topological polar surface area (TPSA) is 95.3 Å². The maximum absolute atomic E-state index is 11.9. The zero-order valence-electron chi connectivity index (χ0n) is 10.5. The van der Waals surface area contributed by atoms with Crippen molar-refractivity contribution in [3.63, 3.8) is 0 Å². The van der Waals surface area contributed by atoms with Crippen molar-refractivity contribution in [1.82, 2.24) is 9.55 Å². The van der Waals surface area contributed by atoms with E-state index in [1.165, 1.54) is 22.5 Å². The Bertz CT molecular complexity index is 600. The van der Waals surface area contributed by atoms with Crippen LogP contribution < -0.4 is 11.2 Å². The van der Waals surface area contributed by atoms with Crippen molar-refractivity contribution in [3.05, 3.63) is 37.6 Å². The molecular formula is C12H15BrN2O4S. The molecule has 0 aromatic carbocycles. The summed E-state index contributed by atoms with van der Waals surface area (Å²) < 4.78 is 1.45. The molecule has 1 aromatic rings. The Kier molecular flexibility index (Phi) is 5.25. The van der Waals surface area contributed by atoms with E-state index in [-0.39, 0.29) is 29.8 Å². The van der Waals surface area contributed by atoms with Crippen molar-refractivity contribution in [3.8, 4) is 0 Å². The third kappa shape index (κ3) is 3.08. The van der Waals surface area contributed by atoms with Gasteiger partial charge in [-0.3, -0.25) is 14.3 Å². The quantitative estimate of drug-likeness (QED) is 0.725. The Morgan fingerprint density at radius 2 is 2.20 bits per heavy atom. The van der Waals surface area contributed by atoms with Crippen molar-refractivity contribution in [2.45, 2.75) is 17.0 Å². The normalized spacial score (nSPS) is 26.4. The molecule has 8 heteroatoms. The fraction of sp³-hybridized carbons (Fsp3) is 0.500. The van der Waals surface area contributed by atoms with Crippen LogP contribution in [0.25, 0.3) is 6.08 Å². The Balaban J connectivity index is 2.36. The molecular weight excluding hydrogens is 348 g/mol. The van der Waals surface area contributed by atoms with Crippen LogP contribution in [-0.4, -0.2) is 38.2 Å². The van der Waals surface area contributed by atoms with Crippen LogP contribution in [0.4, 0.5) is 0 Å². The van der Waals surface area contributed by atoms with E-state index in [1.807, 2.05) is 0 Å². The Morgan fingerprint density at radius 3 is 2.75 bits per heavy atom. The number of aliphatic hydroxyl groups is 2. The van der Waals surface area contributed by atoms with Crippen molar-refractivity contribution in [2.75, 3.05) is 13.2 Å². The number of hydrogen-bond donors (Lipinski definition) is 3. The Morgan fingerprint density at radius 1 is 1.45 bits per heavy atom. The fourth-order valence-electron chi connectivity index (χ4n) is 2.24. The molecule has 3 N–H and O–H groups in total. The van der Waals surface area contributed by atoms with Crippen LogP contribution in [-0.2, 0) is 0 Å². The number of aliphatic hydroxyl groups excluding tert-OH is 2. The average molecular weight is 363 g/mol. The largest absolute Gasteiger partial charge is 0.396 e. The van der Waals surface area contributed by atoms with E-state index in [4.69, 9.17) is 0 Å². The molecule has 1 unspecified atom stereocenters. The van der Waals surface area contributed by atoms with Crippen molar-refractivity contribution >= 4 is 33.8 Å². The summed E-state index contributed by atoms with van der Waals surface area (Å²) in [7, 11) is 0. The molecule has 0 saturated carbocycles. The molecule has 2 rings (SSSR count). The van der Waals surface area contributed by atoms with E-state index < -0.39 is 11.2 Å². The van der Waals surface area contributed by atoms with Gasteiger partial charge in [0.05, 0.1) is 17.5 Å². The molecule has 1 aliphatic rings. The van der Waals surface area contributed by atoms with E-state index in [0.717, 1.165) is 0 Å². The van der Waals surface area contributed by atoms with Gasteiger partial charge < -0.3 is 10.2 Å². The number of H-pyrrole nitrogens is 1. The molecule has 0 bridgehead atoms. The van der Waals surface area contributed by atoms with Gasteiger partial charge in [-0.1, -0.05) is 15.9 Å². The lowest BCUT2D eigenvalue weighted by Crippen LogP contribution is -2.32. The summed E-state index contributed by atoms with van der Waals surface area (Å²) in [5, 5.41) is 18.3. The number of rotatable bonds is 4. The Hall–Kier alpha value is -0.830. The van der Waals surface area contributed by atoms with E-state index in [1.54, 1.807) is 11.1 Å². The number of nitrogens with zero attached hydrogens (tertiary/aromatic N) is 1. The van der Waals surface area contributed by atoms with E-state index in [2.05, 4.69) is 20.9 Å². The van der Waals surface area contributed by atoms with Gasteiger partial charge in [-0.2, -0.15) is 0 Å². The van der Waals surface area contributed by atoms with Gasteiger partial charge in [0.25, 0.3) is 5.56 Å². The minimum atomic E-state index is -0.477. The van der Waals surface area contributed by atoms with Crippen LogP contribution in [0.5, 0.6) is 0 Å². The van der Waals surface area contributed by atoms with Gasteiger partial charge in [0, 0.05) is 18.1 Å². The van der Waals surface area contributed by atoms with Gasteiger partial charge in [0.1, 0.15) is 0 Å². The first-order valence-corrected chi connectivity index (χ1v) is 7.96. The number of thioether (sulfide) groups is 1. The second-order valence-corrected chi connectivity index (χ2v) is 6.48. The van der Waals surface area contributed by atoms with Gasteiger partial charge in [0.2, 0.25) is 0 Å². The Labute approximate surface area is 127 Å². The highest BCUT2D eigenvalue weighted by molar-refractivity contribution is 9.11. The summed E-state index contributed by atoms with van der Waals surface area (Å²) in [5.41, 5.74) is -0.549. The maximum atomic E-state index is 11.9. The maximum Gasteiger partial charge on any atom is 0.329 e. The molecule has 6 nitrogen and oxygen atoms in total. The standard InChI is InChI=1S/C12H15BrN2O4S/c13-2-1-7-4-15(12(19)14-11(7)18)10-3-8(5-16)9(6-17)20-10/h1-2,4,8-10,16-17H,3,5-6H2,(H,14,18,19)/b2-1+/t8?,9-,10-/m1/s1. The summed E-state index contributed by atoms with van der Waals surface area (Å²) in [6.07, 6.45) is 3.64. The second-order valence-electron chi connectivity index (χ2n) is 4.53. The van der Waals surface area contributed by atoms with Gasteiger partial charge in [-0.05, 0) is 23.4 Å². The predicted octanol–water partition coefficient (Wildman–Crippen LogP) is 0.507. The van der Waals surface area contributed by atoms with Crippen molar-refractivity contribution in [1.29, 1.82) is 0 Å². The highest BCUT2D eigenvalue weighted by Crippen LogP contribution is 2.44. The fourth-order valence-corrected chi connectivity index (χ4v) is 4.08. The number of nitrogens with one attached hydrogen (secondary N) is 1. The highest BCUT2D eigenvalue weighted by atomic mass is 79.9. The smallest absolute Gasteiger partial charge is 0.329 e. The SMILES string of the molecule is O=c1[nH]c(=O)n([C@H]2CC(CO)[C@@H](CO)S2)cc1/C=C/Br. The van der Waals surface area contributed by atoms with Crippen LogP contribution in [0.3, 0.4) is 0 Å². The molecule has 20 heavy (non-hydrogen) atoms. The summed E-state index contributed by atoms with van der Waals surface area (Å²) in [4.78, 5) is 27.3. The van der Waals surface area contributed by atoms with Crippen LogP contribution in [0.2, 0.25) is 0 Å². The predicted molar refractivity (Wildman–Crippen MR) is 82.0 cm³/mol. The lowest BCUT2D eigenvalue weighted by molar-refractivity contribution is 0.187. The third-order valence-corrected chi connectivity index (χ3v) is 5.21. The number of halogens is 1. The zero-order valence-corrected chi connectivity index (χ0v) is 12.9. The molecule has 1 aromatic heterocycles. The van der Waals surface area contributed by atoms with Gasteiger partial charge >= 0.3 is 5.69 Å². The molecule has 1 saturated heterocycles. The number of aromatic nitrogens is 2. The summed E-state index contributed by atoms with van der Waals surface area (Å²) in [6.45, 7) is -0.0698. The van der Waals surface area contributed by atoms with Gasteiger partial charge in [-0.25, -0.2) is 4.79 Å². The molecule has 0 spiro atoms. The molecule has 0 amide bonds. The first-order chi connectivity index (χ1) is 9.60. The average Bonchev–Trinajstić information content (AvgIpc) is 2.85. The number of hydrogen-bond acceptors (Lipinski definition) is 5. The summed E-state index contributed by atoms with van der Waals surface area (Å²) in [6, 6.07) is 0. The van der Waals surface area contributed by atoms with Crippen molar-refractivity contribution in [2.24, 2.45) is 5.92 Å². The molecule has 110 valence electrons. The van der Waals surface area contributed by atoms with Crippen LogP contribution in [0.1, 0.15) is 17.4 Å². The lowest BCUT2D eigenvalue weighted by atomic mass is 10.0. The van der Waals surface area contributed by atoms with Gasteiger partial charge in [-0.15, -0.1) is 11.8 Å². The highest BCUT2D eigenvalue weighted by Gasteiger charge is 2.35. The molecule has 2 heterocycles. The minimum absolute atomic E-state index is 0.0268. The van der Waals surface area contributed by atoms with E-state index >= 15 is 0 Å². The molecule has 1 aliphatic heterocycles. The van der Waals surface area contributed by atoms with Crippen LogP contribution in [0, 0.1) is 5.92 Å².